The molecule has 1 aliphatic carbocycles. The van der Waals surface area contributed by atoms with Crippen LogP contribution in [-0.4, -0.2) is 0 Å². The maximum Gasteiger partial charge on any atom is -0.0383 e. The molecule has 1 rings (SSSR count). The Morgan fingerprint density at radius 3 is 1.83 bits per heavy atom. The lowest BCUT2D eigenvalue weighted by molar-refractivity contribution is 0.604. The first-order valence-corrected chi connectivity index (χ1v) is 8.38. The Bertz CT molecular complexity index is 144. The molecule has 0 nitrogen and oxygen atoms in total. The predicted octanol–water partition coefficient (Wildman–Crippen LogP) is 6.61. The minimum atomic E-state index is 0.821. The van der Waals surface area contributed by atoms with Gasteiger partial charge in [-0.2, -0.15) is 0 Å². The molecule has 1 aliphatic rings. The van der Waals surface area contributed by atoms with Crippen molar-refractivity contribution >= 4 is 0 Å². The molecule has 2 atom stereocenters. The van der Waals surface area contributed by atoms with Crippen LogP contribution in [0.2, 0.25) is 0 Å². The Morgan fingerprint density at radius 2 is 1.33 bits per heavy atom. The highest BCUT2D eigenvalue weighted by Crippen LogP contribution is 2.41. The average Bonchev–Trinajstić information content (AvgIpc) is 3.07. The number of hydrogen-bond acceptors (Lipinski definition) is 0. The van der Waals surface area contributed by atoms with Crippen molar-refractivity contribution in [2.24, 2.45) is 11.8 Å². The quantitative estimate of drug-likeness (QED) is 0.384. The molecule has 0 spiro atoms. The summed E-state index contributed by atoms with van der Waals surface area (Å²) in [6, 6.07) is 0. The van der Waals surface area contributed by atoms with Crippen molar-refractivity contribution < 1.29 is 0 Å². The third kappa shape index (κ3) is 12.5. The standard InChI is InChI=1S/C9H17.C9H19/c1-3-4-5-6-9-7-8(9)2;1-3-5-7-9-8-6-4-2/h8-9H,2-7H2,1H3;1,3-9H2,2H3. The van der Waals surface area contributed by atoms with Gasteiger partial charge in [-0.05, 0) is 25.2 Å². The minimum Gasteiger partial charge on any atom is -0.0654 e. The fourth-order valence-electron chi connectivity index (χ4n) is 2.28. The molecule has 1 saturated carbocycles. The van der Waals surface area contributed by atoms with Crippen LogP contribution in [0.3, 0.4) is 0 Å². The predicted molar refractivity (Wildman–Crippen MR) is 84.4 cm³/mol. The molecule has 0 heteroatoms. The normalized spacial score (nSPS) is 21.3. The van der Waals surface area contributed by atoms with Crippen molar-refractivity contribution in [1.82, 2.24) is 0 Å². The van der Waals surface area contributed by atoms with E-state index in [1.54, 1.807) is 0 Å². The molecule has 0 saturated heterocycles. The summed E-state index contributed by atoms with van der Waals surface area (Å²) in [5, 5.41) is 0. The maximum absolute atomic E-state index is 4.01. The lowest BCUT2D eigenvalue weighted by Gasteiger charge is -1.95. The summed E-state index contributed by atoms with van der Waals surface area (Å²) in [7, 11) is 0. The molecule has 18 heavy (non-hydrogen) atoms. The summed E-state index contributed by atoms with van der Waals surface area (Å²) in [5.74, 6) is 1.83. The summed E-state index contributed by atoms with van der Waals surface area (Å²) in [4.78, 5) is 0. The van der Waals surface area contributed by atoms with E-state index >= 15 is 0 Å². The van der Waals surface area contributed by atoms with Crippen LogP contribution in [0.4, 0.5) is 0 Å². The Balaban J connectivity index is 0.000000321. The average molecular weight is 252 g/mol. The van der Waals surface area contributed by atoms with Gasteiger partial charge in [0.2, 0.25) is 0 Å². The molecule has 0 aliphatic heterocycles. The fraction of sp³-hybridized carbons (Fsp3) is 0.889. The van der Waals surface area contributed by atoms with Gasteiger partial charge in [0, 0.05) is 0 Å². The van der Waals surface area contributed by atoms with Gasteiger partial charge in [0.1, 0.15) is 0 Å². The minimum absolute atomic E-state index is 0.821. The van der Waals surface area contributed by atoms with E-state index in [4.69, 9.17) is 0 Å². The molecule has 0 aromatic heterocycles. The molecule has 2 radical (unpaired) electrons. The first-order valence-electron chi connectivity index (χ1n) is 8.38. The largest absolute Gasteiger partial charge is 0.0654 e. The zero-order chi connectivity index (χ0) is 13.6. The molecule has 108 valence electrons. The Hall–Kier alpha value is 0. The Kier molecular flexibility index (Phi) is 13.4. The Morgan fingerprint density at radius 1 is 0.833 bits per heavy atom. The van der Waals surface area contributed by atoms with E-state index in [0.29, 0.717) is 0 Å². The molecule has 0 heterocycles. The van der Waals surface area contributed by atoms with Gasteiger partial charge in [0.25, 0.3) is 0 Å². The first kappa shape index (κ1) is 18.0. The number of rotatable bonds is 10. The van der Waals surface area contributed by atoms with Gasteiger partial charge in [-0.15, -0.1) is 0 Å². The molecule has 0 aromatic rings. The van der Waals surface area contributed by atoms with Crippen molar-refractivity contribution in [2.45, 2.75) is 90.9 Å². The summed E-state index contributed by atoms with van der Waals surface area (Å²) in [5.41, 5.74) is 0. The van der Waals surface area contributed by atoms with Gasteiger partial charge in [0.15, 0.2) is 0 Å². The van der Waals surface area contributed by atoms with E-state index in [2.05, 4.69) is 27.7 Å². The second-order valence-corrected chi connectivity index (χ2v) is 5.87. The van der Waals surface area contributed by atoms with Crippen molar-refractivity contribution in [2.75, 3.05) is 0 Å². The van der Waals surface area contributed by atoms with Crippen LogP contribution in [0.5, 0.6) is 0 Å². The highest BCUT2D eigenvalue weighted by molar-refractivity contribution is 4.87. The molecule has 0 bridgehead atoms. The smallest absolute Gasteiger partial charge is 0.0383 e. The summed E-state index contributed by atoms with van der Waals surface area (Å²) in [6.07, 6.45) is 16.5. The number of unbranched alkanes of at least 4 members (excludes halogenated alkanes) is 8. The van der Waals surface area contributed by atoms with Gasteiger partial charge in [-0.3, -0.25) is 0 Å². The van der Waals surface area contributed by atoms with E-state index in [-0.39, 0.29) is 0 Å². The molecule has 1 fully saturated rings. The second kappa shape index (κ2) is 13.4. The molecule has 2 unspecified atom stereocenters. The molecular weight excluding hydrogens is 216 g/mol. The fourth-order valence-corrected chi connectivity index (χ4v) is 2.28. The topological polar surface area (TPSA) is 0 Å². The van der Waals surface area contributed by atoms with Crippen LogP contribution < -0.4 is 0 Å². The zero-order valence-electron chi connectivity index (χ0n) is 13.1. The van der Waals surface area contributed by atoms with E-state index in [1.165, 1.54) is 70.6 Å². The van der Waals surface area contributed by atoms with Crippen LogP contribution in [0.25, 0.3) is 0 Å². The van der Waals surface area contributed by atoms with Gasteiger partial charge >= 0.3 is 0 Å². The highest BCUT2D eigenvalue weighted by atomic mass is 14.4. The zero-order valence-corrected chi connectivity index (χ0v) is 13.1. The van der Waals surface area contributed by atoms with E-state index in [9.17, 15) is 0 Å². The molecular formula is C18H36. The van der Waals surface area contributed by atoms with Gasteiger partial charge in [-0.25, -0.2) is 0 Å². The van der Waals surface area contributed by atoms with Crippen LogP contribution >= 0.6 is 0 Å². The van der Waals surface area contributed by atoms with Gasteiger partial charge in [0.05, 0.1) is 0 Å². The third-order valence-corrected chi connectivity index (χ3v) is 3.85. The van der Waals surface area contributed by atoms with Gasteiger partial charge in [-0.1, -0.05) is 91.4 Å². The summed E-state index contributed by atoms with van der Waals surface area (Å²) >= 11 is 0. The van der Waals surface area contributed by atoms with Crippen molar-refractivity contribution in [3.63, 3.8) is 0 Å². The van der Waals surface area contributed by atoms with Crippen molar-refractivity contribution in [3.05, 3.63) is 13.8 Å². The maximum atomic E-state index is 4.01. The summed E-state index contributed by atoms with van der Waals surface area (Å²) < 4.78 is 0. The first-order chi connectivity index (χ1) is 8.76. The van der Waals surface area contributed by atoms with Crippen molar-refractivity contribution in [1.29, 1.82) is 0 Å². The van der Waals surface area contributed by atoms with E-state index < -0.39 is 0 Å². The highest BCUT2D eigenvalue weighted by Gasteiger charge is 2.31. The Labute approximate surface area is 117 Å². The third-order valence-electron chi connectivity index (χ3n) is 3.85. The van der Waals surface area contributed by atoms with Crippen molar-refractivity contribution in [3.8, 4) is 0 Å². The lowest BCUT2D eigenvalue weighted by atomic mass is 10.1. The number of hydrogen-bond donors (Lipinski definition) is 0. The molecule has 0 aromatic carbocycles. The van der Waals surface area contributed by atoms with E-state index in [0.717, 1.165) is 18.3 Å². The van der Waals surface area contributed by atoms with Crippen LogP contribution in [0, 0.1) is 25.7 Å². The monoisotopic (exact) mass is 252 g/mol. The lowest BCUT2D eigenvalue weighted by Crippen LogP contribution is -1.79. The van der Waals surface area contributed by atoms with Crippen LogP contribution in [-0.2, 0) is 0 Å². The van der Waals surface area contributed by atoms with Gasteiger partial charge < -0.3 is 0 Å². The molecule has 0 amide bonds. The molecule has 0 N–H and O–H groups in total. The SMILES string of the molecule is [CH2]C1CC1CCCCC.[CH2]CCCCCCCC. The second-order valence-electron chi connectivity index (χ2n) is 5.87. The summed E-state index contributed by atoms with van der Waals surface area (Å²) in [6.45, 7) is 12.3. The van der Waals surface area contributed by atoms with Crippen LogP contribution in [0.1, 0.15) is 90.9 Å². The van der Waals surface area contributed by atoms with E-state index in [1.807, 2.05) is 0 Å². The van der Waals surface area contributed by atoms with Crippen LogP contribution in [0.15, 0.2) is 0 Å².